The first kappa shape index (κ1) is 30.6. The highest BCUT2D eigenvalue weighted by Crippen LogP contribution is 2.47. The number of piperidine rings is 1. The van der Waals surface area contributed by atoms with E-state index in [1.807, 2.05) is 0 Å². The van der Waals surface area contributed by atoms with E-state index in [1.165, 1.54) is 18.2 Å². The molecular weight excluding hydrogens is 565 g/mol. The molecule has 4 aliphatic rings. The maximum Gasteiger partial charge on any atom is 0.278 e. The van der Waals surface area contributed by atoms with Crippen molar-refractivity contribution in [1.82, 2.24) is 19.4 Å². The zero-order valence-corrected chi connectivity index (χ0v) is 26.0. The number of alkyl halides is 2. The fourth-order valence-electron chi connectivity index (χ4n) is 7.24. The highest BCUT2D eigenvalue weighted by Gasteiger charge is 2.48. The van der Waals surface area contributed by atoms with E-state index in [0.29, 0.717) is 73.6 Å². The lowest BCUT2D eigenvalue weighted by Crippen LogP contribution is -2.43. The number of anilines is 1. The third kappa shape index (κ3) is 5.48. The summed E-state index contributed by atoms with van der Waals surface area (Å²) in [5.74, 6) is -4.35. The van der Waals surface area contributed by atoms with E-state index in [9.17, 15) is 10.1 Å². The summed E-state index contributed by atoms with van der Waals surface area (Å²) in [6, 6.07) is 7.57. The summed E-state index contributed by atoms with van der Waals surface area (Å²) in [6.45, 7) is 10.2. The summed E-state index contributed by atoms with van der Waals surface area (Å²) in [7, 11) is 0. The largest absolute Gasteiger partial charge is 0.363 e. The lowest BCUT2D eigenvalue weighted by molar-refractivity contribution is -0.0898. The SMILES string of the molecule is Cc1nc2c3cc(C4(C#N)CC4)c(=O)n(c3n1)CCCCC(C)(C)CN1CCC(CC1)C(F)(F)c1cccc(c1F)[C@@H](C)N2. The van der Waals surface area contributed by atoms with Gasteiger partial charge in [-0.25, -0.2) is 23.1 Å². The van der Waals surface area contributed by atoms with Crippen LogP contribution in [0.3, 0.4) is 0 Å². The normalized spacial score (nSPS) is 26.1. The van der Waals surface area contributed by atoms with Crippen LogP contribution in [0, 0.1) is 35.4 Å². The average molecular weight is 607 g/mol. The van der Waals surface area contributed by atoms with Crippen LogP contribution in [0.2, 0.25) is 0 Å². The van der Waals surface area contributed by atoms with Gasteiger partial charge in [0.25, 0.3) is 11.5 Å². The molecule has 3 aliphatic heterocycles. The van der Waals surface area contributed by atoms with Gasteiger partial charge in [0.05, 0.1) is 28.5 Å². The van der Waals surface area contributed by atoms with E-state index in [0.717, 1.165) is 25.8 Å². The van der Waals surface area contributed by atoms with Crippen LogP contribution in [0.4, 0.5) is 19.0 Å². The van der Waals surface area contributed by atoms with Gasteiger partial charge in [-0.1, -0.05) is 38.5 Å². The second-order valence-electron chi connectivity index (χ2n) is 13.9. The van der Waals surface area contributed by atoms with Gasteiger partial charge in [-0.3, -0.25) is 9.36 Å². The van der Waals surface area contributed by atoms with E-state index in [2.05, 4.69) is 40.1 Å². The minimum absolute atomic E-state index is 0.0453. The molecule has 2 fully saturated rings. The Bertz CT molecular complexity index is 1680. The van der Waals surface area contributed by atoms with Crippen LogP contribution < -0.4 is 10.9 Å². The van der Waals surface area contributed by atoms with E-state index < -0.39 is 34.7 Å². The number of benzene rings is 1. The zero-order valence-electron chi connectivity index (χ0n) is 26.0. The molecule has 10 heteroatoms. The Morgan fingerprint density at radius 2 is 1.77 bits per heavy atom. The summed E-state index contributed by atoms with van der Waals surface area (Å²) in [6.07, 6.45) is 4.36. The minimum atomic E-state index is -3.30. The molecule has 3 aromatic rings. The maximum absolute atomic E-state index is 16.0. The van der Waals surface area contributed by atoms with Gasteiger partial charge in [-0.15, -0.1) is 0 Å². The summed E-state index contributed by atoms with van der Waals surface area (Å²) in [5, 5.41) is 13.8. The number of fused-ring (bicyclic) bond motifs is 8. The number of aromatic nitrogens is 3. The van der Waals surface area contributed by atoms with Crippen LogP contribution >= 0.6 is 0 Å². The van der Waals surface area contributed by atoms with Gasteiger partial charge in [-0.05, 0) is 76.9 Å². The first-order chi connectivity index (χ1) is 20.8. The predicted octanol–water partition coefficient (Wildman–Crippen LogP) is 6.98. The molecule has 0 unspecified atom stereocenters. The van der Waals surface area contributed by atoms with E-state index >= 15 is 13.2 Å². The molecule has 1 atom stereocenters. The number of rotatable bonds is 1. The minimum Gasteiger partial charge on any atom is -0.363 e. The number of nitrogens with one attached hydrogen (secondary N) is 1. The van der Waals surface area contributed by atoms with Crippen molar-refractivity contribution in [2.24, 2.45) is 11.3 Å². The summed E-state index contributed by atoms with van der Waals surface area (Å²) < 4.78 is 49.6. The Morgan fingerprint density at radius 1 is 1.05 bits per heavy atom. The quantitative estimate of drug-likeness (QED) is 0.322. The molecule has 7 rings (SSSR count). The van der Waals surface area contributed by atoms with Gasteiger partial charge in [0, 0.05) is 30.1 Å². The molecule has 0 amide bonds. The van der Waals surface area contributed by atoms with E-state index in [1.54, 1.807) is 24.5 Å². The molecule has 1 N–H and O–H groups in total. The van der Waals surface area contributed by atoms with Crippen molar-refractivity contribution in [2.45, 2.75) is 96.6 Å². The van der Waals surface area contributed by atoms with Crippen molar-refractivity contribution in [3.05, 3.63) is 63.0 Å². The number of nitriles is 1. The predicted molar refractivity (Wildman–Crippen MR) is 164 cm³/mol. The second-order valence-corrected chi connectivity index (χ2v) is 13.9. The molecule has 0 spiro atoms. The molecular formula is C34H41F3N6O. The van der Waals surface area contributed by atoms with Gasteiger partial charge in [0.1, 0.15) is 23.1 Å². The summed E-state index contributed by atoms with van der Waals surface area (Å²) in [5.41, 5.74) is -0.667. The van der Waals surface area contributed by atoms with Crippen molar-refractivity contribution >= 4 is 16.9 Å². The average Bonchev–Trinajstić information content (AvgIpc) is 3.77. The molecule has 44 heavy (non-hydrogen) atoms. The van der Waals surface area contributed by atoms with Crippen LogP contribution in [-0.2, 0) is 17.9 Å². The Labute approximate surface area is 256 Å². The lowest BCUT2D eigenvalue weighted by atomic mass is 9.83. The van der Waals surface area contributed by atoms with Crippen molar-refractivity contribution < 1.29 is 13.2 Å². The molecule has 5 heterocycles. The molecule has 1 saturated carbocycles. The maximum atomic E-state index is 16.0. The van der Waals surface area contributed by atoms with Gasteiger partial charge >= 0.3 is 0 Å². The van der Waals surface area contributed by atoms with Crippen LogP contribution in [0.1, 0.15) is 94.3 Å². The molecule has 8 bridgehead atoms. The third-order valence-corrected chi connectivity index (χ3v) is 9.98. The molecule has 1 saturated heterocycles. The van der Waals surface area contributed by atoms with Gasteiger partial charge in [0.2, 0.25) is 0 Å². The third-order valence-electron chi connectivity index (χ3n) is 9.98. The Morgan fingerprint density at radius 3 is 2.45 bits per heavy atom. The second kappa shape index (κ2) is 11.2. The monoisotopic (exact) mass is 606 g/mol. The van der Waals surface area contributed by atoms with E-state index in [4.69, 9.17) is 0 Å². The number of pyridine rings is 1. The first-order valence-electron chi connectivity index (χ1n) is 15.8. The number of hydrogen-bond acceptors (Lipinski definition) is 6. The van der Waals surface area contributed by atoms with Crippen LogP contribution in [0.5, 0.6) is 0 Å². The molecule has 1 aromatic carbocycles. The van der Waals surface area contributed by atoms with Crippen molar-refractivity contribution in [2.75, 3.05) is 25.0 Å². The summed E-state index contributed by atoms with van der Waals surface area (Å²) >= 11 is 0. The fourth-order valence-corrected chi connectivity index (χ4v) is 7.24. The Hall–Kier alpha value is -3.45. The highest BCUT2D eigenvalue weighted by atomic mass is 19.3. The van der Waals surface area contributed by atoms with Crippen LogP contribution in [0.15, 0.2) is 29.1 Å². The molecule has 234 valence electrons. The first-order valence-corrected chi connectivity index (χ1v) is 15.8. The van der Waals surface area contributed by atoms with E-state index in [-0.39, 0.29) is 16.5 Å². The van der Waals surface area contributed by atoms with Gasteiger partial charge in [-0.2, -0.15) is 5.26 Å². The Balaban J connectivity index is 1.49. The van der Waals surface area contributed by atoms with Gasteiger partial charge in [0.15, 0.2) is 0 Å². The number of halogens is 3. The standard InChI is InChI=1S/C34H41F3N6O/c1-21-24-8-7-9-26(28(24)35)34(36,37)23-10-16-42(17-11-23)20-32(3,4)12-5-6-15-43-30-25(29(39-21)40-22(2)41-30)18-27(31(43)44)33(19-38)13-14-33/h7-9,18,21,23H,5-6,10-17,20H2,1-4H3,(H,39,40,41)/t21-/m1/s1. The van der Waals surface area contributed by atoms with Crippen LogP contribution in [0.25, 0.3) is 11.0 Å². The van der Waals surface area contributed by atoms with Crippen molar-refractivity contribution in [3.8, 4) is 6.07 Å². The zero-order chi connectivity index (χ0) is 31.4. The summed E-state index contributed by atoms with van der Waals surface area (Å²) in [4.78, 5) is 25.4. The van der Waals surface area contributed by atoms with Crippen molar-refractivity contribution in [3.63, 3.8) is 0 Å². The molecule has 0 radical (unpaired) electrons. The fraction of sp³-hybridized carbons (Fsp3) is 0.588. The number of hydrogen-bond donors (Lipinski definition) is 1. The Kier molecular flexibility index (Phi) is 7.76. The number of aryl methyl sites for hydroxylation is 2. The molecule has 2 aromatic heterocycles. The topological polar surface area (TPSA) is 86.8 Å². The van der Waals surface area contributed by atoms with Crippen LogP contribution in [-0.4, -0.2) is 39.1 Å². The smallest absolute Gasteiger partial charge is 0.278 e. The molecule has 1 aliphatic carbocycles. The number of nitrogens with zero attached hydrogens (tertiary/aromatic N) is 5. The van der Waals surface area contributed by atoms with Crippen molar-refractivity contribution in [1.29, 1.82) is 5.26 Å². The highest BCUT2D eigenvalue weighted by molar-refractivity contribution is 5.88. The molecule has 7 nitrogen and oxygen atoms in total. The lowest BCUT2D eigenvalue weighted by Gasteiger charge is -2.39. The van der Waals surface area contributed by atoms with Gasteiger partial charge < -0.3 is 10.2 Å².